The number of hydrogen-bond acceptors (Lipinski definition) is 6. The van der Waals surface area contributed by atoms with Crippen LogP contribution in [0.1, 0.15) is 22.4 Å². The first-order valence-corrected chi connectivity index (χ1v) is 8.63. The van der Waals surface area contributed by atoms with Crippen LogP contribution in [0.25, 0.3) is 11.0 Å². The molecule has 1 amide bonds. The molecule has 0 radical (unpaired) electrons. The van der Waals surface area contributed by atoms with Crippen LogP contribution >= 0.6 is 11.3 Å². The minimum Gasteiger partial charge on any atom is -0.469 e. The topological polar surface area (TPSA) is 81.4 Å². The molecule has 0 saturated heterocycles. The Balaban J connectivity index is 1.69. The SMILES string of the molecule is COC(=O)Cc1csc(NC(=O)Cc2coc3c(C)c(C)ccc23)n1. The number of hydrogen-bond donors (Lipinski definition) is 1. The van der Waals surface area contributed by atoms with Gasteiger partial charge >= 0.3 is 5.97 Å². The Kier molecular flexibility index (Phi) is 4.85. The number of benzene rings is 1. The number of aromatic nitrogens is 1. The Labute approximate surface area is 148 Å². The molecule has 3 rings (SSSR count). The fourth-order valence-electron chi connectivity index (χ4n) is 2.53. The van der Waals surface area contributed by atoms with Crippen molar-refractivity contribution in [2.75, 3.05) is 12.4 Å². The van der Waals surface area contributed by atoms with Gasteiger partial charge in [0.1, 0.15) is 5.58 Å². The average molecular weight is 358 g/mol. The van der Waals surface area contributed by atoms with Gasteiger partial charge in [0.2, 0.25) is 5.91 Å². The minimum atomic E-state index is -0.362. The van der Waals surface area contributed by atoms with E-state index in [0.717, 1.165) is 27.7 Å². The highest BCUT2D eigenvalue weighted by molar-refractivity contribution is 7.13. The Morgan fingerprint density at radius 1 is 1.28 bits per heavy atom. The van der Waals surface area contributed by atoms with E-state index in [2.05, 4.69) is 15.0 Å². The van der Waals surface area contributed by atoms with Crippen LogP contribution in [0.15, 0.2) is 28.2 Å². The molecule has 0 bridgehead atoms. The van der Waals surface area contributed by atoms with Crippen LogP contribution in [-0.4, -0.2) is 24.0 Å². The van der Waals surface area contributed by atoms with Gasteiger partial charge < -0.3 is 14.5 Å². The van der Waals surface area contributed by atoms with E-state index < -0.39 is 0 Å². The third-order valence-corrected chi connectivity index (χ3v) is 4.85. The van der Waals surface area contributed by atoms with E-state index in [1.165, 1.54) is 18.4 Å². The number of furan rings is 1. The van der Waals surface area contributed by atoms with Gasteiger partial charge in [-0.1, -0.05) is 12.1 Å². The molecule has 0 aliphatic carbocycles. The van der Waals surface area contributed by atoms with E-state index in [0.29, 0.717) is 10.8 Å². The molecule has 0 unspecified atom stereocenters. The summed E-state index contributed by atoms with van der Waals surface area (Å²) >= 11 is 1.28. The Morgan fingerprint density at radius 3 is 2.84 bits per heavy atom. The fourth-order valence-corrected chi connectivity index (χ4v) is 3.25. The van der Waals surface area contributed by atoms with Gasteiger partial charge in [0, 0.05) is 16.3 Å². The maximum absolute atomic E-state index is 12.3. The van der Waals surface area contributed by atoms with Crippen molar-refractivity contribution in [1.29, 1.82) is 0 Å². The number of nitrogens with one attached hydrogen (secondary N) is 1. The van der Waals surface area contributed by atoms with Gasteiger partial charge in [-0.25, -0.2) is 4.98 Å². The predicted molar refractivity (Wildman–Crippen MR) is 95.9 cm³/mol. The largest absolute Gasteiger partial charge is 0.469 e. The number of nitrogens with zero attached hydrogens (tertiary/aromatic N) is 1. The van der Waals surface area contributed by atoms with Gasteiger partial charge in [-0.3, -0.25) is 9.59 Å². The van der Waals surface area contributed by atoms with Crippen molar-refractivity contribution in [2.45, 2.75) is 26.7 Å². The number of ether oxygens (including phenoxy) is 1. The summed E-state index contributed by atoms with van der Waals surface area (Å²) in [4.78, 5) is 27.7. The lowest BCUT2D eigenvalue weighted by Crippen LogP contribution is -2.14. The summed E-state index contributed by atoms with van der Waals surface area (Å²) in [6.07, 6.45) is 1.91. The van der Waals surface area contributed by atoms with Crippen molar-refractivity contribution >= 4 is 39.3 Å². The van der Waals surface area contributed by atoms with Crippen molar-refractivity contribution in [3.8, 4) is 0 Å². The number of anilines is 1. The minimum absolute atomic E-state index is 0.0911. The standard InChI is InChI=1S/C18H18N2O4S/c1-10-4-5-14-12(8-24-17(14)11(10)2)6-15(21)20-18-19-13(9-25-18)7-16(22)23-3/h4-5,8-9H,6-7H2,1-3H3,(H,19,20,21). The molecule has 0 aliphatic heterocycles. The van der Waals surface area contributed by atoms with Crippen LogP contribution in [0.4, 0.5) is 5.13 Å². The van der Waals surface area contributed by atoms with E-state index in [9.17, 15) is 9.59 Å². The zero-order valence-electron chi connectivity index (χ0n) is 14.2. The van der Waals surface area contributed by atoms with E-state index in [-0.39, 0.29) is 24.7 Å². The summed E-state index contributed by atoms with van der Waals surface area (Å²) in [7, 11) is 1.33. The second kappa shape index (κ2) is 7.06. The highest BCUT2D eigenvalue weighted by Crippen LogP contribution is 2.27. The third kappa shape index (κ3) is 3.71. The monoisotopic (exact) mass is 358 g/mol. The molecule has 0 aliphatic rings. The number of aryl methyl sites for hydroxylation is 2. The summed E-state index contributed by atoms with van der Waals surface area (Å²) in [6.45, 7) is 4.03. The molecule has 25 heavy (non-hydrogen) atoms. The molecule has 2 heterocycles. The first kappa shape index (κ1) is 17.2. The average Bonchev–Trinajstić information content (AvgIpc) is 3.18. The van der Waals surface area contributed by atoms with Crippen molar-refractivity contribution < 1.29 is 18.7 Å². The number of methoxy groups -OCH3 is 1. The van der Waals surface area contributed by atoms with Crippen LogP contribution in [-0.2, 0) is 27.2 Å². The van der Waals surface area contributed by atoms with E-state index in [4.69, 9.17) is 4.42 Å². The summed E-state index contributed by atoms with van der Waals surface area (Å²) < 4.78 is 10.2. The molecule has 3 aromatic rings. The first-order chi connectivity index (χ1) is 12.0. The highest BCUT2D eigenvalue weighted by Gasteiger charge is 2.14. The Hall–Kier alpha value is -2.67. The number of amides is 1. The normalized spacial score (nSPS) is 10.8. The summed E-state index contributed by atoms with van der Waals surface area (Å²) in [5.41, 5.74) is 4.46. The van der Waals surface area contributed by atoms with Crippen molar-refractivity contribution in [3.05, 3.63) is 46.2 Å². The van der Waals surface area contributed by atoms with Crippen LogP contribution in [0.2, 0.25) is 0 Å². The molecular weight excluding hydrogens is 340 g/mol. The molecule has 6 nitrogen and oxygen atoms in total. The second-order valence-corrected chi connectivity index (χ2v) is 6.63. The van der Waals surface area contributed by atoms with E-state index in [1.54, 1.807) is 11.6 Å². The zero-order valence-corrected chi connectivity index (χ0v) is 15.0. The van der Waals surface area contributed by atoms with Gasteiger partial charge in [-0.2, -0.15) is 0 Å². The Morgan fingerprint density at radius 2 is 2.08 bits per heavy atom. The van der Waals surface area contributed by atoms with Gasteiger partial charge in [-0.05, 0) is 25.0 Å². The van der Waals surface area contributed by atoms with Gasteiger partial charge in [-0.15, -0.1) is 11.3 Å². The van der Waals surface area contributed by atoms with Gasteiger partial charge in [0.05, 0.1) is 31.9 Å². The molecule has 130 valence electrons. The van der Waals surface area contributed by atoms with E-state index >= 15 is 0 Å². The van der Waals surface area contributed by atoms with Crippen molar-refractivity contribution in [2.24, 2.45) is 0 Å². The third-order valence-electron chi connectivity index (χ3n) is 4.04. The lowest BCUT2D eigenvalue weighted by atomic mass is 10.0. The molecule has 1 aromatic carbocycles. The van der Waals surface area contributed by atoms with E-state index in [1.807, 2.05) is 26.0 Å². The molecule has 7 heteroatoms. The number of carbonyl (C=O) groups is 2. The number of esters is 1. The molecule has 0 atom stereocenters. The van der Waals surface area contributed by atoms with Crippen molar-refractivity contribution in [1.82, 2.24) is 4.98 Å². The van der Waals surface area contributed by atoms with Gasteiger partial charge in [0.15, 0.2) is 5.13 Å². The molecular formula is C18H18N2O4S. The molecule has 2 aromatic heterocycles. The smallest absolute Gasteiger partial charge is 0.311 e. The van der Waals surface area contributed by atoms with Crippen LogP contribution < -0.4 is 5.32 Å². The highest BCUT2D eigenvalue weighted by atomic mass is 32.1. The lowest BCUT2D eigenvalue weighted by Gasteiger charge is -2.02. The summed E-state index contributed by atoms with van der Waals surface area (Å²) in [5.74, 6) is -0.543. The second-order valence-electron chi connectivity index (χ2n) is 5.77. The number of carbonyl (C=O) groups excluding carboxylic acids is 2. The predicted octanol–water partition coefficient (Wildman–Crippen LogP) is 3.40. The van der Waals surface area contributed by atoms with Gasteiger partial charge in [0.25, 0.3) is 0 Å². The van der Waals surface area contributed by atoms with Crippen LogP contribution in [0, 0.1) is 13.8 Å². The fraction of sp³-hybridized carbons (Fsp3) is 0.278. The van der Waals surface area contributed by atoms with Crippen LogP contribution in [0.5, 0.6) is 0 Å². The quantitative estimate of drug-likeness (QED) is 0.707. The van der Waals surface area contributed by atoms with Crippen molar-refractivity contribution in [3.63, 3.8) is 0 Å². The van der Waals surface area contributed by atoms with Crippen LogP contribution in [0.3, 0.4) is 0 Å². The maximum Gasteiger partial charge on any atom is 0.311 e. The zero-order chi connectivity index (χ0) is 18.0. The molecule has 0 saturated carbocycles. The summed E-state index contributed by atoms with van der Waals surface area (Å²) in [6, 6.07) is 4.00. The molecule has 0 spiro atoms. The molecule has 1 N–H and O–H groups in total. The summed E-state index contributed by atoms with van der Waals surface area (Å²) in [5, 5.41) is 5.90. The Bertz CT molecular complexity index is 942. The number of thiazole rings is 1. The maximum atomic E-state index is 12.3. The lowest BCUT2D eigenvalue weighted by molar-refractivity contribution is -0.139. The number of rotatable bonds is 5. The first-order valence-electron chi connectivity index (χ1n) is 7.75. The molecule has 0 fully saturated rings. The number of fused-ring (bicyclic) bond motifs is 1.